The van der Waals surface area contributed by atoms with E-state index in [0.29, 0.717) is 19.3 Å². The number of hydrogen-bond acceptors (Lipinski definition) is 23. The van der Waals surface area contributed by atoms with Gasteiger partial charge in [0, 0.05) is 26.4 Å². The summed E-state index contributed by atoms with van der Waals surface area (Å²) in [5.74, 6) is -21.9. The van der Waals surface area contributed by atoms with Crippen molar-refractivity contribution < 1.29 is 120 Å². The molecule has 0 aromatic heterocycles. The minimum absolute atomic E-state index is 0.0251. The van der Waals surface area contributed by atoms with Crippen LogP contribution in [0.3, 0.4) is 0 Å². The molecule has 2 aliphatic heterocycles. The minimum atomic E-state index is -1.60. The average Bonchev–Trinajstić information content (AvgIpc) is 1.71. The second-order valence-electron chi connectivity index (χ2n) is 41.0. The lowest BCUT2D eigenvalue weighted by Gasteiger charge is -2.32. The van der Waals surface area contributed by atoms with Crippen LogP contribution in [0, 0.1) is 59.2 Å². The zero-order chi connectivity index (χ0) is 108. The summed E-state index contributed by atoms with van der Waals surface area (Å²) in [6.45, 7) is 44.2. The normalized spacial score (nSPS) is 17.7. The zero-order valence-corrected chi connectivity index (χ0v) is 87.4. The molecule has 0 aromatic rings. The molecular formula is C96H164N20O25. The summed E-state index contributed by atoms with van der Waals surface area (Å²) < 4.78 is 0. The average molecular weight is 2000 g/mol. The van der Waals surface area contributed by atoms with Crippen LogP contribution in [0.15, 0.2) is 0 Å². The number of nitrogens with one attached hydrogen (secondary N) is 18. The van der Waals surface area contributed by atoms with Gasteiger partial charge < -0.3 is 121 Å². The fourth-order valence-electron chi connectivity index (χ4n) is 16.0. The van der Waals surface area contributed by atoms with Gasteiger partial charge >= 0.3 is 11.9 Å². The molecule has 2 saturated heterocycles. The quantitative estimate of drug-likeness (QED) is 0.0347. The fraction of sp³-hybridized carbons (Fsp3) is 0.760. The van der Waals surface area contributed by atoms with Crippen molar-refractivity contribution in [3.05, 3.63) is 0 Å². The minimum Gasteiger partial charge on any atom is -0.481 e. The van der Waals surface area contributed by atoms with Crippen molar-refractivity contribution in [3.8, 4) is 0 Å². The molecule has 2 heterocycles. The zero-order valence-electron chi connectivity index (χ0n) is 87.4. The van der Waals surface area contributed by atoms with E-state index in [1.807, 2.05) is 27.7 Å². The van der Waals surface area contributed by atoms with Gasteiger partial charge in [-0.3, -0.25) is 105 Å². The molecule has 0 bridgehead atoms. The van der Waals surface area contributed by atoms with Crippen molar-refractivity contribution in [2.24, 2.45) is 59.2 Å². The van der Waals surface area contributed by atoms with Gasteiger partial charge in [0.25, 0.3) is 0 Å². The van der Waals surface area contributed by atoms with Crippen LogP contribution in [0.25, 0.3) is 0 Å². The molecule has 2 fully saturated rings. The van der Waals surface area contributed by atoms with Crippen molar-refractivity contribution in [2.45, 2.75) is 398 Å². The molecule has 20 amide bonds. The molecule has 2 aliphatic rings. The van der Waals surface area contributed by atoms with Crippen molar-refractivity contribution in [3.63, 3.8) is 0 Å². The molecule has 0 unspecified atom stereocenters. The van der Waals surface area contributed by atoms with E-state index in [4.69, 9.17) is 0 Å². The van der Waals surface area contributed by atoms with Crippen molar-refractivity contribution >= 4 is 136 Å². The maximum Gasteiger partial charge on any atom is 0.305 e. The Morgan fingerprint density at radius 2 is 0.560 bits per heavy atom. The smallest absolute Gasteiger partial charge is 0.305 e. The summed E-state index contributed by atoms with van der Waals surface area (Å²) in [4.78, 5) is 316. The number of aliphatic carboxylic acids is 2. The molecule has 0 aliphatic carbocycles. The van der Waals surface area contributed by atoms with Gasteiger partial charge in [0.15, 0.2) is 0 Å². The molecule has 21 atom stereocenters. The monoisotopic (exact) mass is 2000 g/mol. The highest BCUT2D eigenvalue weighted by molar-refractivity contribution is 6.03. The van der Waals surface area contributed by atoms with Crippen molar-refractivity contribution in [2.75, 3.05) is 13.1 Å². The van der Waals surface area contributed by atoms with E-state index in [1.165, 1.54) is 58.3 Å². The van der Waals surface area contributed by atoms with E-state index in [9.17, 15) is 120 Å². The van der Waals surface area contributed by atoms with Gasteiger partial charge in [0.2, 0.25) is 118 Å². The topological polar surface area (TPSA) is 656 Å². The number of carboxylic acid groups (broad SMARTS) is 2. The van der Waals surface area contributed by atoms with Crippen LogP contribution in [-0.2, 0) is 110 Å². The number of carbonyl (C=O) groups excluding carboxylic acids is 21. The Balaban J connectivity index is 2.29. The number of rotatable bonds is 60. The molecule has 45 nitrogen and oxygen atoms in total. The van der Waals surface area contributed by atoms with Crippen LogP contribution in [0.1, 0.15) is 277 Å². The Kier molecular flexibility index (Phi) is 53.5. The number of aldehydes is 1. The first-order valence-corrected chi connectivity index (χ1v) is 49.4. The van der Waals surface area contributed by atoms with Gasteiger partial charge in [-0.15, -0.1) is 0 Å². The van der Waals surface area contributed by atoms with Gasteiger partial charge in [-0.25, -0.2) is 0 Å². The SMILES string of the molecule is CC[C@H](C)[C@H](NC(=O)[C@H](CCC(=O)O)NC(=O)[C@@H](NC(=O)[C@@H]1CCCN1C(=O)[C@H](C)NC(=O)[C@H](CC(C)C)NC(=O)[C@H](CC(C)C)NC(=O)[C@H](C)NC(=O)[C@H](CC(C)C)NC(=O)[C@H](CC(C)C)NC(=O)[C@@H](NC(=O)[C@H](C)NC(=O)[C@@H]1CCCN1C(=O)[C@H](CC(C)C)NC(=O)[C@H](CC(C)C)NC(=O)[C@H](C)NC(=O)[C@@H](NC(=O)[C@H](C)NC(=O)[C@H](C)NC(C)=O)C(C)C)C(C)C)C(C)C)C(=O)N[C@H](C=O)CC(=O)O. The predicted octanol–water partition coefficient (Wildman–Crippen LogP) is -0.337. The number of carbonyl (C=O) groups is 23. The molecule has 0 saturated carbocycles. The van der Waals surface area contributed by atoms with E-state index in [-0.39, 0.29) is 106 Å². The third-order valence-electron chi connectivity index (χ3n) is 23.9. The molecule has 141 heavy (non-hydrogen) atoms. The highest BCUT2D eigenvalue weighted by Crippen LogP contribution is 2.25. The van der Waals surface area contributed by atoms with Gasteiger partial charge in [-0.1, -0.05) is 145 Å². The number of likely N-dealkylation sites (tertiary alicyclic amines) is 2. The number of nitrogens with zero attached hydrogens (tertiary/aromatic N) is 2. The Morgan fingerprint density at radius 1 is 0.291 bits per heavy atom. The van der Waals surface area contributed by atoms with Crippen LogP contribution in [0.5, 0.6) is 0 Å². The van der Waals surface area contributed by atoms with E-state index in [2.05, 4.69) is 95.7 Å². The molecule has 45 heteroatoms. The van der Waals surface area contributed by atoms with E-state index >= 15 is 0 Å². The van der Waals surface area contributed by atoms with Gasteiger partial charge in [-0.2, -0.15) is 0 Å². The second kappa shape index (κ2) is 60.3. The molecule has 0 aromatic carbocycles. The summed E-state index contributed by atoms with van der Waals surface area (Å²) in [5, 5.41) is 65.9. The van der Waals surface area contributed by atoms with Crippen molar-refractivity contribution in [1.29, 1.82) is 0 Å². The summed E-state index contributed by atoms with van der Waals surface area (Å²) in [7, 11) is 0. The van der Waals surface area contributed by atoms with E-state index in [0.717, 1.165) is 0 Å². The summed E-state index contributed by atoms with van der Waals surface area (Å²) in [6.07, 6.45) is -0.116. The molecule has 798 valence electrons. The number of amides is 20. The Labute approximate surface area is 828 Å². The third kappa shape index (κ3) is 43.2. The van der Waals surface area contributed by atoms with Gasteiger partial charge in [0.05, 0.1) is 12.5 Å². The van der Waals surface area contributed by atoms with Gasteiger partial charge in [0.1, 0.15) is 121 Å². The summed E-state index contributed by atoms with van der Waals surface area (Å²) in [5.41, 5.74) is 0. The summed E-state index contributed by atoms with van der Waals surface area (Å²) in [6, 6.07) is -25.7. The van der Waals surface area contributed by atoms with Crippen LogP contribution in [0.4, 0.5) is 0 Å². The number of carboxylic acids is 2. The molecule has 20 N–H and O–H groups in total. The standard InChI is InChI=1S/C96H164N20O25/c1-28-54(20)77(94(139)103-62(44-117)43-73(121)122)114-83(128)63(33-34-72(119)120)104-92(137)76(53(18)19)113-90(135)71-32-29-35-115(71)95(140)60(26)102-85(130)65(38-46(4)5)108-86(131)66(39-47(6)7)105-79(124)56(22)99-84(129)64(37-45(2)3)107-87(132)68(41-49(10)11)109-93(138)75(52(16)17)112-82(127)59(25)100-89(134)70-31-30-36-116(70)96(141)69(42-50(12)13)110-88(133)67(40-48(8)9)106-80(125)57(23)101-91(136)74(51(14)15)111-81(126)58(24)98-78(123)55(21)97-61(27)118/h44-60,62-71,74-77H,28-43H2,1-27H3,(H,97,118)(H,98,123)(H,99,129)(H,100,134)(H,101,136)(H,102,130)(H,103,139)(H,104,137)(H,105,124)(H,106,125)(H,107,132)(H,108,131)(H,109,138)(H,110,133)(H,111,126)(H,112,127)(H,113,135)(H,114,128)(H,119,120)(H,121,122)/t54-,55-,56-,57-,58-,59-,60-,62-,63-,64-,65-,66-,67-,68-,69-,70-,71-,74-,75-,76-,77-/m0/s1. The largest absolute Gasteiger partial charge is 0.481 e. The second-order valence-corrected chi connectivity index (χ2v) is 41.0. The number of hydrogen-bond donors (Lipinski definition) is 20. The maximum absolute atomic E-state index is 14.7. The lowest BCUT2D eigenvalue weighted by molar-refractivity contribution is -0.143. The van der Waals surface area contributed by atoms with Crippen molar-refractivity contribution in [1.82, 2.24) is 106 Å². The molecule has 0 radical (unpaired) electrons. The first-order valence-electron chi connectivity index (χ1n) is 49.4. The molecular weight excluding hydrogens is 1830 g/mol. The molecule has 0 spiro atoms. The lowest BCUT2D eigenvalue weighted by atomic mass is 9.96. The van der Waals surface area contributed by atoms with Crippen LogP contribution in [-0.4, -0.2) is 290 Å². The van der Waals surface area contributed by atoms with Crippen LogP contribution < -0.4 is 95.7 Å². The predicted molar refractivity (Wildman–Crippen MR) is 520 cm³/mol. The van der Waals surface area contributed by atoms with Gasteiger partial charge in [-0.05, 0) is 171 Å². The maximum atomic E-state index is 14.7. The third-order valence-corrected chi connectivity index (χ3v) is 23.9. The molecule has 2 rings (SSSR count). The summed E-state index contributed by atoms with van der Waals surface area (Å²) >= 11 is 0. The highest BCUT2D eigenvalue weighted by atomic mass is 16.4. The Bertz CT molecular complexity index is 4330. The first kappa shape index (κ1) is 125. The fourth-order valence-corrected chi connectivity index (χ4v) is 16.0. The Hall–Kier alpha value is -12.0. The van der Waals surface area contributed by atoms with Crippen LogP contribution in [0.2, 0.25) is 0 Å². The van der Waals surface area contributed by atoms with Crippen LogP contribution >= 0.6 is 0 Å². The lowest BCUT2D eigenvalue weighted by Crippen LogP contribution is -2.61. The Morgan fingerprint density at radius 3 is 0.922 bits per heavy atom. The van der Waals surface area contributed by atoms with E-state index in [1.54, 1.807) is 111 Å². The highest BCUT2D eigenvalue weighted by Gasteiger charge is 2.45. The van der Waals surface area contributed by atoms with E-state index < -0.39 is 294 Å². The first-order chi connectivity index (χ1) is 65.5.